The maximum atomic E-state index is 10.5. The lowest BCUT2D eigenvalue weighted by molar-refractivity contribution is -0.0167. The number of β-amino-alcohol motifs (C(OH)–C–C–N with tert-alkyl or cyclic N) is 1. The van der Waals surface area contributed by atoms with E-state index in [4.69, 9.17) is 27.7 Å². The van der Waals surface area contributed by atoms with Gasteiger partial charge in [0.25, 0.3) is 5.89 Å². The molecule has 0 aliphatic carbocycles. The smallest absolute Gasteiger partial charge is 0.259 e. The molecule has 1 atom stereocenters. The molecule has 0 radical (unpaired) electrons. The second-order valence-corrected chi connectivity index (χ2v) is 6.07. The fraction of sp³-hybridized carbons (Fsp3) is 0.429. The standard InChI is InChI=1S/C14H15Cl2N3O2/c15-10-3-2-9(6-11(10)16)7-12-18-13(21-19-12)14(20)4-1-5-17-8-14/h2-3,6,17,20H,1,4-5,7-8H2. The lowest BCUT2D eigenvalue weighted by Gasteiger charge is -2.28. The Morgan fingerprint density at radius 3 is 2.90 bits per heavy atom. The molecule has 1 saturated heterocycles. The summed E-state index contributed by atoms with van der Waals surface area (Å²) >= 11 is 11.9. The predicted molar refractivity (Wildman–Crippen MR) is 79.6 cm³/mol. The Morgan fingerprint density at radius 2 is 2.19 bits per heavy atom. The Morgan fingerprint density at radius 1 is 1.33 bits per heavy atom. The number of benzene rings is 1. The van der Waals surface area contributed by atoms with Gasteiger partial charge in [-0.25, -0.2) is 0 Å². The highest BCUT2D eigenvalue weighted by Crippen LogP contribution is 2.27. The number of nitrogens with one attached hydrogen (secondary N) is 1. The zero-order valence-electron chi connectivity index (χ0n) is 11.3. The Labute approximate surface area is 132 Å². The maximum absolute atomic E-state index is 10.5. The zero-order valence-corrected chi connectivity index (χ0v) is 12.8. The van der Waals surface area contributed by atoms with Gasteiger partial charge in [-0.05, 0) is 37.1 Å². The summed E-state index contributed by atoms with van der Waals surface area (Å²) in [6.45, 7) is 1.33. The van der Waals surface area contributed by atoms with Gasteiger partial charge in [-0.2, -0.15) is 4.98 Å². The first-order chi connectivity index (χ1) is 10.1. The van der Waals surface area contributed by atoms with Gasteiger partial charge in [0, 0.05) is 13.0 Å². The van der Waals surface area contributed by atoms with Gasteiger partial charge in [0.15, 0.2) is 11.4 Å². The molecule has 7 heteroatoms. The molecule has 1 aromatic carbocycles. The van der Waals surface area contributed by atoms with Crippen LogP contribution in [0.25, 0.3) is 0 Å². The molecule has 112 valence electrons. The molecule has 0 saturated carbocycles. The van der Waals surface area contributed by atoms with Crippen molar-refractivity contribution in [3.63, 3.8) is 0 Å². The minimum Gasteiger partial charge on any atom is -0.379 e. The number of aromatic nitrogens is 2. The Balaban J connectivity index is 1.77. The third kappa shape index (κ3) is 3.21. The van der Waals surface area contributed by atoms with Gasteiger partial charge in [-0.15, -0.1) is 0 Å². The van der Waals surface area contributed by atoms with Crippen LogP contribution in [0, 0.1) is 0 Å². The Bertz CT molecular complexity index is 639. The van der Waals surface area contributed by atoms with Crippen molar-refractivity contribution in [2.24, 2.45) is 0 Å². The van der Waals surface area contributed by atoms with Gasteiger partial charge in [-0.3, -0.25) is 0 Å². The predicted octanol–water partition coefficient (Wildman–Crippen LogP) is 2.54. The summed E-state index contributed by atoms with van der Waals surface area (Å²) in [4.78, 5) is 4.31. The number of aliphatic hydroxyl groups is 1. The van der Waals surface area contributed by atoms with E-state index in [-0.39, 0.29) is 5.89 Å². The van der Waals surface area contributed by atoms with Crippen LogP contribution >= 0.6 is 23.2 Å². The van der Waals surface area contributed by atoms with Crippen LogP contribution in [0.3, 0.4) is 0 Å². The summed E-state index contributed by atoms with van der Waals surface area (Å²) in [5.41, 5.74) is -0.133. The Hall–Kier alpha value is -1.14. The monoisotopic (exact) mass is 327 g/mol. The summed E-state index contributed by atoms with van der Waals surface area (Å²) in [6.07, 6.45) is 1.97. The summed E-state index contributed by atoms with van der Waals surface area (Å²) in [6, 6.07) is 5.37. The van der Waals surface area contributed by atoms with E-state index in [1.807, 2.05) is 6.07 Å². The number of hydrogen-bond donors (Lipinski definition) is 2. The first-order valence-corrected chi connectivity index (χ1v) is 7.52. The van der Waals surface area contributed by atoms with E-state index in [1.165, 1.54) is 0 Å². The molecular weight excluding hydrogens is 313 g/mol. The van der Waals surface area contributed by atoms with Crippen molar-refractivity contribution in [3.05, 3.63) is 45.5 Å². The highest BCUT2D eigenvalue weighted by Gasteiger charge is 2.36. The summed E-state index contributed by atoms with van der Waals surface area (Å²) in [5.74, 6) is 0.784. The Kier molecular flexibility index (Phi) is 4.17. The third-order valence-electron chi connectivity index (χ3n) is 3.57. The molecule has 1 aromatic heterocycles. The number of piperidine rings is 1. The molecular formula is C14H15Cl2N3O2. The van der Waals surface area contributed by atoms with E-state index in [0.29, 0.717) is 35.3 Å². The molecule has 21 heavy (non-hydrogen) atoms. The van der Waals surface area contributed by atoms with Crippen molar-refractivity contribution in [1.82, 2.24) is 15.5 Å². The minimum atomic E-state index is -1.07. The average molecular weight is 328 g/mol. The largest absolute Gasteiger partial charge is 0.379 e. The lowest BCUT2D eigenvalue weighted by atomic mass is 9.94. The molecule has 1 fully saturated rings. The second-order valence-electron chi connectivity index (χ2n) is 5.25. The second kappa shape index (κ2) is 5.93. The molecule has 1 aliphatic heterocycles. The average Bonchev–Trinajstić information content (AvgIpc) is 2.93. The van der Waals surface area contributed by atoms with Crippen LogP contribution in [0.15, 0.2) is 22.7 Å². The van der Waals surface area contributed by atoms with Gasteiger partial charge in [0.2, 0.25) is 0 Å². The molecule has 0 amide bonds. The normalized spacial score (nSPS) is 22.4. The van der Waals surface area contributed by atoms with Crippen molar-refractivity contribution in [2.45, 2.75) is 24.9 Å². The molecule has 0 spiro atoms. The highest BCUT2D eigenvalue weighted by atomic mass is 35.5. The van der Waals surface area contributed by atoms with E-state index in [2.05, 4.69) is 15.5 Å². The van der Waals surface area contributed by atoms with E-state index in [0.717, 1.165) is 18.5 Å². The number of hydrogen-bond acceptors (Lipinski definition) is 5. The SMILES string of the molecule is OC1(c2nc(Cc3ccc(Cl)c(Cl)c3)no2)CCCNC1. The fourth-order valence-electron chi connectivity index (χ4n) is 2.42. The first-order valence-electron chi connectivity index (χ1n) is 6.77. The number of nitrogens with zero attached hydrogens (tertiary/aromatic N) is 2. The van der Waals surface area contributed by atoms with Crippen molar-refractivity contribution in [3.8, 4) is 0 Å². The highest BCUT2D eigenvalue weighted by molar-refractivity contribution is 6.42. The molecule has 2 N–H and O–H groups in total. The maximum Gasteiger partial charge on any atom is 0.259 e. The van der Waals surface area contributed by atoms with Crippen molar-refractivity contribution >= 4 is 23.2 Å². The molecule has 1 unspecified atom stereocenters. The summed E-state index contributed by atoms with van der Waals surface area (Å²) in [5, 5.41) is 18.6. The molecule has 0 bridgehead atoms. The van der Waals surface area contributed by atoms with Crippen LogP contribution in [0.1, 0.15) is 30.1 Å². The van der Waals surface area contributed by atoms with Crippen molar-refractivity contribution in [1.29, 1.82) is 0 Å². The molecule has 3 rings (SSSR count). The van der Waals surface area contributed by atoms with Gasteiger partial charge in [-0.1, -0.05) is 34.4 Å². The van der Waals surface area contributed by atoms with Gasteiger partial charge < -0.3 is 14.9 Å². The van der Waals surface area contributed by atoms with Gasteiger partial charge in [0.1, 0.15) is 0 Å². The fourth-order valence-corrected chi connectivity index (χ4v) is 2.74. The van der Waals surface area contributed by atoms with Crippen LogP contribution in [0.2, 0.25) is 10.0 Å². The van der Waals surface area contributed by atoms with E-state index in [9.17, 15) is 5.11 Å². The first kappa shape index (κ1) is 14.8. The van der Waals surface area contributed by atoms with Gasteiger partial charge in [0.05, 0.1) is 10.0 Å². The number of rotatable bonds is 3. The molecule has 2 heterocycles. The summed E-state index contributed by atoms with van der Waals surface area (Å²) in [7, 11) is 0. The van der Waals surface area contributed by atoms with Gasteiger partial charge >= 0.3 is 0 Å². The molecule has 2 aromatic rings. The van der Waals surface area contributed by atoms with Crippen molar-refractivity contribution in [2.75, 3.05) is 13.1 Å². The zero-order chi connectivity index (χ0) is 14.9. The van der Waals surface area contributed by atoms with Crippen LogP contribution in [-0.2, 0) is 12.0 Å². The van der Waals surface area contributed by atoms with Crippen LogP contribution in [-0.4, -0.2) is 28.3 Å². The topological polar surface area (TPSA) is 71.2 Å². The quantitative estimate of drug-likeness (QED) is 0.906. The van der Waals surface area contributed by atoms with Crippen LogP contribution in [0.4, 0.5) is 0 Å². The lowest BCUT2D eigenvalue weighted by Crippen LogP contribution is -2.43. The van der Waals surface area contributed by atoms with E-state index < -0.39 is 5.60 Å². The molecule has 5 nitrogen and oxygen atoms in total. The van der Waals surface area contributed by atoms with Crippen LogP contribution < -0.4 is 5.32 Å². The van der Waals surface area contributed by atoms with E-state index >= 15 is 0 Å². The van der Waals surface area contributed by atoms with Crippen molar-refractivity contribution < 1.29 is 9.63 Å². The minimum absolute atomic E-state index is 0.268. The number of halogens is 2. The summed E-state index contributed by atoms with van der Waals surface area (Å²) < 4.78 is 5.22. The van der Waals surface area contributed by atoms with E-state index in [1.54, 1.807) is 12.1 Å². The van der Waals surface area contributed by atoms with Crippen LogP contribution in [0.5, 0.6) is 0 Å². The third-order valence-corrected chi connectivity index (χ3v) is 4.31. The molecule has 1 aliphatic rings.